The van der Waals surface area contributed by atoms with Crippen molar-refractivity contribution in [1.82, 2.24) is 15.5 Å². The Bertz CT molecular complexity index is 250. The van der Waals surface area contributed by atoms with Crippen LogP contribution in [0.2, 0.25) is 0 Å². The van der Waals surface area contributed by atoms with Crippen LogP contribution in [0.4, 0.5) is 0 Å². The lowest BCUT2D eigenvalue weighted by Crippen LogP contribution is -2.41. The van der Waals surface area contributed by atoms with Gasteiger partial charge in [-0.25, -0.2) is 0 Å². The molecule has 0 aromatic carbocycles. The molecule has 0 spiro atoms. The van der Waals surface area contributed by atoms with E-state index >= 15 is 0 Å². The minimum atomic E-state index is -0.0565. The zero-order chi connectivity index (χ0) is 12.0. The van der Waals surface area contributed by atoms with Gasteiger partial charge in [0.05, 0.1) is 6.04 Å². The van der Waals surface area contributed by atoms with E-state index in [2.05, 4.69) is 10.6 Å². The average molecular weight is 227 g/mol. The van der Waals surface area contributed by atoms with Gasteiger partial charge in [-0.1, -0.05) is 0 Å². The normalized spacial score (nSPS) is 19.5. The molecule has 5 nitrogen and oxygen atoms in total. The fourth-order valence-corrected chi connectivity index (χ4v) is 1.69. The van der Waals surface area contributed by atoms with Crippen LogP contribution in [0.5, 0.6) is 0 Å². The molecular weight excluding hydrogens is 206 g/mol. The Labute approximate surface area is 96.6 Å². The van der Waals surface area contributed by atoms with Crippen molar-refractivity contribution in [3.8, 4) is 0 Å². The summed E-state index contributed by atoms with van der Waals surface area (Å²) in [4.78, 5) is 24.7. The monoisotopic (exact) mass is 227 g/mol. The van der Waals surface area contributed by atoms with E-state index in [-0.39, 0.29) is 17.9 Å². The first-order chi connectivity index (χ1) is 7.65. The predicted octanol–water partition coefficient (Wildman–Crippen LogP) is -0.277. The number of amides is 2. The lowest BCUT2D eigenvalue weighted by atomic mass is 10.2. The van der Waals surface area contributed by atoms with E-state index in [4.69, 9.17) is 0 Å². The number of hydrogen-bond acceptors (Lipinski definition) is 3. The van der Waals surface area contributed by atoms with Crippen LogP contribution in [0.25, 0.3) is 0 Å². The van der Waals surface area contributed by atoms with Gasteiger partial charge >= 0.3 is 0 Å². The molecule has 2 amide bonds. The Hall–Kier alpha value is -1.10. The SMILES string of the molecule is CCN(C)C(=O)CCNC(=O)C1CCCN1. The van der Waals surface area contributed by atoms with E-state index in [0.29, 0.717) is 19.5 Å². The molecule has 1 atom stereocenters. The van der Waals surface area contributed by atoms with E-state index in [1.165, 1.54) is 0 Å². The summed E-state index contributed by atoms with van der Waals surface area (Å²) in [5.41, 5.74) is 0. The molecule has 2 N–H and O–H groups in total. The van der Waals surface area contributed by atoms with Gasteiger partial charge in [0.1, 0.15) is 0 Å². The highest BCUT2D eigenvalue weighted by atomic mass is 16.2. The zero-order valence-electron chi connectivity index (χ0n) is 10.1. The first-order valence-electron chi connectivity index (χ1n) is 5.90. The van der Waals surface area contributed by atoms with Crippen molar-refractivity contribution in [3.63, 3.8) is 0 Å². The predicted molar refractivity (Wildman–Crippen MR) is 62.0 cm³/mol. The van der Waals surface area contributed by atoms with Crippen LogP contribution >= 0.6 is 0 Å². The molecule has 1 rings (SSSR count). The zero-order valence-corrected chi connectivity index (χ0v) is 10.1. The van der Waals surface area contributed by atoms with Crippen molar-refractivity contribution in [2.24, 2.45) is 0 Å². The summed E-state index contributed by atoms with van der Waals surface area (Å²) < 4.78 is 0. The van der Waals surface area contributed by atoms with E-state index < -0.39 is 0 Å². The molecular formula is C11H21N3O2. The molecule has 1 saturated heterocycles. The van der Waals surface area contributed by atoms with E-state index in [0.717, 1.165) is 19.4 Å². The van der Waals surface area contributed by atoms with Crippen LogP contribution in [-0.2, 0) is 9.59 Å². The minimum Gasteiger partial charge on any atom is -0.354 e. The third-order valence-corrected chi connectivity index (χ3v) is 2.91. The van der Waals surface area contributed by atoms with E-state index in [1.807, 2.05) is 6.92 Å². The number of carbonyl (C=O) groups is 2. The molecule has 1 unspecified atom stereocenters. The molecule has 5 heteroatoms. The van der Waals surface area contributed by atoms with Gasteiger partial charge in [-0.15, -0.1) is 0 Å². The fraction of sp³-hybridized carbons (Fsp3) is 0.818. The van der Waals surface area contributed by atoms with E-state index in [1.54, 1.807) is 11.9 Å². The average Bonchev–Trinajstić information content (AvgIpc) is 2.81. The number of nitrogens with zero attached hydrogens (tertiary/aromatic N) is 1. The highest BCUT2D eigenvalue weighted by molar-refractivity contribution is 5.83. The van der Waals surface area contributed by atoms with Crippen LogP contribution in [0, 0.1) is 0 Å². The van der Waals surface area contributed by atoms with Crippen molar-refractivity contribution in [1.29, 1.82) is 0 Å². The van der Waals surface area contributed by atoms with Gasteiger partial charge in [0, 0.05) is 26.6 Å². The Morgan fingerprint density at radius 3 is 2.81 bits per heavy atom. The fourth-order valence-electron chi connectivity index (χ4n) is 1.69. The summed E-state index contributed by atoms with van der Waals surface area (Å²) in [5.74, 6) is 0.0895. The smallest absolute Gasteiger partial charge is 0.237 e. The quantitative estimate of drug-likeness (QED) is 0.679. The second kappa shape index (κ2) is 6.48. The van der Waals surface area contributed by atoms with Crippen molar-refractivity contribution in [2.75, 3.05) is 26.7 Å². The van der Waals surface area contributed by atoms with Crippen LogP contribution < -0.4 is 10.6 Å². The Morgan fingerprint density at radius 1 is 1.50 bits per heavy atom. The van der Waals surface area contributed by atoms with Gasteiger partial charge in [-0.05, 0) is 26.3 Å². The molecule has 92 valence electrons. The number of rotatable bonds is 5. The highest BCUT2D eigenvalue weighted by Crippen LogP contribution is 2.04. The Morgan fingerprint density at radius 2 is 2.25 bits per heavy atom. The molecule has 0 aliphatic carbocycles. The Kier molecular flexibility index (Phi) is 5.25. The summed E-state index contributed by atoms with van der Waals surface area (Å²) in [6.45, 7) is 3.98. The minimum absolute atomic E-state index is 0.0180. The third kappa shape index (κ3) is 3.81. The number of hydrogen-bond donors (Lipinski definition) is 2. The van der Waals surface area contributed by atoms with Gasteiger partial charge in [-0.2, -0.15) is 0 Å². The van der Waals surface area contributed by atoms with Gasteiger partial charge in [-0.3, -0.25) is 9.59 Å². The first-order valence-corrected chi connectivity index (χ1v) is 5.90. The maximum absolute atomic E-state index is 11.6. The first kappa shape index (κ1) is 13.0. The third-order valence-electron chi connectivity index (χ3n) is 2.91. The maximum Gasteiger partial charge on any atom is 0.237 e. The van der Waals surface area contributed by atoms with Gasteiger partial charge < -0.3 is 15.5 Å². The van der Waals surface area contributed by atoms with Gasteiger partial charge in [0.2, 0.25) is 11.8 Å². The summed E-state index contributed by atoms with van der Waals surface area (Å²) in [7, 11) is 1.77. The second-order valence-electron chi connectivity index (χ2n) is 4.10. The molecule has 16 heavy (non-hydrogen) atoms. The maximum atomic E-state index is 11.6. The summed E-state index contributed by atoms with van der Waals surface area (Å²) in [6, 6.07) is -0.0565. The molecule has 0 saturated carbocycles. The van der Waals surface area contributed by atoms with Crippen LogP contribution in [0.15, 0.2) is 0 Å². The lowest BCUT2D eigenvalue weighted by Gasteiger charge is -2.15. The topological polar surface area (TPSA) is 61.4 Å². The summed E-state index contributed by atoms with van der Waals surface area (Å²) in [6.07, 6.45) is 2.33. The largest absolute Gasteiger partial charge is 0.354 e. The molecule has 0 aromatic heterocycles. The molecule has 1 aliphatic heterocycles. The van der Waals surface area contributed by atoms with Gasteiger partial charge in [0.25, 0.3) is 0 Å². The van der Waals surface area contributed by atoms with Crippen LogP contribution in [0.3, 0.4) is 0 Å². The molecule has 1 fully saturated rings. The molecule has 0 aromatic rings. The number of nitrogens with one attached hydrogen (secondary N) is 2. The lowest BCUT2D eigenvalue weighted by molar-refractivity contribution is -0.129. The summed E-state index contributed by atoms with van der Waals surface area (Å²) in [5, 5.41) is 5.91. The van der Waals surface area contributed by atoms with Crippen molar-refractivity contribution in [2.45, 2.75) is 32.2 Å². The Balaban J connectivity index is 2.14. The second-order valence-corrected chi connectivity index (χ2v) is 4.10. The van der Waals surface area contributed by atoms with Crippen molar-refractivity contribution in [3.05, 3.63) is 0 Å². The van der Waals surface area contributed by atoms with Gasteiger partial charge in [0.15, 0.2) is 0 Å². The van der Waals surface area contributed by atoms with Crippen LogP contribution in [-0.4, -0.2) is 49.4 Å². The van der Waals surface area contributed by atoms with Crippen molar-refractivity contribution >= 4 is 11.8 Å². The molecule has 0 bridgehead atoms. The standard InChI is InChI=1S/C11H21N3O2/c1-3-14(2)10(15)6-8-13-11(16)9-5-4-7-12-9/h9,12H,3-8H2,1-2H3,(H,13,16). The van der Waals surface area contributed by atoms with Crippen molar-refractivity contribution < 1.29 is 9.59 Å². The number of carbonyl (C=O) groups excluding carboxylic acids is 2. The molecule has 1 aliphatic rings. The summed E-state index contributed by atoms with van der Waals surface area (Å²) >= 11 is 0. The van der Waals surface area contributed by atoms with Crippen LogP contribution in [0.1, 0.15) is 26.2 Å². The molecule has 1 heterocycles. The van der Waals surface area contributed by atoms with E-state index in [9.17, 15) is 9.59 Å². The molecule has 0 radical (unpaired) electrons. The highest BCUT2D eigenvalue weighted by Gasteiger charge is 2.21.